The predicted octanol–water partition coefficient (Wildman–Crippen LogP) is 3.37. The number of rotatable bonds is 5. The predicted molar refractivity (Wildman–Crippen MR) is 110 cm³/mol. The molecule has 8 heteroatoms. The van der Waals surface area contributed by atoms with Gasteiger partial charge in [0.1, 0.15) is 17.1 Å². The van der Waals surface area contributed by atoms with E-state index in [0.29, 0.717) is 47.2 Å². The maximum Gasteiger partial charge on any atom is 0.272 e. The number of nitrogens with zero attached hydrogens (tertiary/aromatic N) is 2. The minimum atomic E-state index is -0.317. The molecule has 3 heterocycles. The Kier molecular flexibility index (Phi) is 5.41. The number of ether oxygens (including phenoxy) is 1. The summed E-state index contributed by atoms with van der Waals surface area (Å²) in [5.41, 5.74) is 3.71. The Morgan fingerprint density at radius 3 is 2.63 bits per heavy atom. The van der Waals surface area contributed by atoms with Gasteiger partial charge in [0.2, 0.25) is 0 Å². The number of anilines is 1. The summed E-state index contributed by atoms with van der Waals surface area (Å²) in [6.07, 6.45) is 0. The molecule has 0 bridgehead atoms. The maximum atomic E-state index is 13.0. The van der Waals surface area contributed by atoms with Crippen molar-refractivity contribution in [1.82, 2.24) is 15.0 Å². The summed E-state index contributed by atoms with van der Waals surface area (Å²) in [4.78, 5) is 26.0. The molecular weight excluding hydrogens is 384 g/mol. The van der Waals surface area contributed by atoms with E-state index in [9.17, 15) is 9.59 Å². The Morgan fingerprint density at radius 2 is 1.93 bits per heavy atom. The van der Waals surface area contributed by atoms with Crippen LogP contribution in [0.2, 0.25) is 0 Å². The molecule has 1 atom stereocenters. The lowest BCUT2D eigenvalue weighted by molar-refractivity contribution is 0.0788. The highest BCUT2D eigenvalue weighted by Gasteiger charge is 2.27. The molecule has 156 valence electrons. The molecule has 0 aliphatic carbocycles. The second kappa shape index (κ2) is 8.16. The van der Waals surface area contributed by atoms with E-state index in [0.717, 1.165) is 5.56 Å². The van der Waals surface area contributed by atoms with Crippen molar-refractivity contribution >= 4 is 17.5 Å². The molecule has 1 aromatic carbocycles. The lowest BCUT2D eigenvalue weighted by Gasteiger charge is -2.20. The maximum absolute atomic E-state index is 13.0. The van der Waals surface area contributed by atoms with Crippen LogP contribution in [0.25, 0.3) is 0 Å². The fourth-order valence-corrected chi connectivity index (χ4v) is 3.65. The van der Waals surface area contributed by atoms with E-state index in [1.54, 1.807) is 19.9 Å². The SMILES string of the molecule is Cc1noc(C)c1NC(=O)c1cc(C(=O)N[C@H](C)c2ccccc2)c2n1CCOC2. The van der Waals surface area contributed by atoms with Crippen molar-refractivity contribution in [3.63, 3.8) is 0 Å². The standard InChI is InChI=1S/C22H24N4O4/c1-13(16-7-5-4-6-8-16)23-21(27)17-11-18(26-9-10-29-12-19(17)26)22(28)24-20-14(2)25-30-15(20)3/h4-8,11,13H,9-10,12H2,1-3H3,(H,23,27)(H,24,28)/t13-/m1/s1. The Labute approximate surface area is 174 Å². The molecule has 1 aliphatic heterocycles. The highest BCUT2D eigenvalue weighted by atomic mass is 16.5. The van der Waals surface area contributed by atoms with Crippen molar-refractivity contribution in [2.75, 3.05) is 11.9 Å². The van der Waals surface area contributed by atoms with Crippen molar-refractivity contribution in [2.45, 2.75) is 40.0 Å². The first kappa shape index (κ1) is 19.9. The third kappa shape index (κ3) is 3.73. The molecule has 0 unspecified atom stereocenters. The van der Waals surface area contributed by atoms with Crippen LogP contribution in [0.15, 0.2) is 40.9 Å². The van der Waals surface area contributed by atoms with Crippen molar-refractivity contribution < 1.29 is 18.8 Å². The van der Waals surface area contributed by atoms with Gasteiger partial charge in [-0.2, -0.15) is 0 Å². The molecule has 0 saturated heterocycles. The average Bonchev–Trinajstić information content (AvgIpc) is 3.30. The van der Waals surface area contributed by atoms with Gasteiger partial charge in [0.05, 0.1) is 30.5 Å². The first-order valence-electron chi connectivity index (χ1n) is 9.86. The smallest absolute Gasteiger partial charge is 0.272 e. The molecule has 2 amide bonds. The van der Waals surface area contributed by atoms with E-state index in [1.165, 1.54) is 0 Å². The van der Waals surface area contributed by atoms with Crippen LogP contribution < -0.4 is 10.6 Å². The number of hydrogen-bond donors (Lipinski definition) is 2. The Hall–Kier alpha value is -3.39. The zero-order valence-corrected chi connectivity index (χ0v) is 17.2. The van der Waals surface area contributed by atoms with Crippen LogP contribution in [0.4, 0.5) is 5.69 Å². The topological polar surface area (TPSA) is 98.4 Å². The Bertz CT molecular complexity index is 1060. The normalized spacial score (nSPS) is 14.1. The lowest BCUT2D eigenvalue weighted by Crippen LogP contribution is -2.28. The number of aryl methyl sites for hydroxylation is 2. The highest BCUT2D eigenvalue weighted by Crippen LogP contribution is 2.25. The molecule has 2 aromatic heterocycles. The van der Waals surface area contributed by atoms with Gasteiger partial charge in [-0.05, 0) is 32.4 Å². The number of nitrogens with one attached hydrogen (secondary N) is 2. The summed E-state index contributed by atoms with van der Waals surface area (Å²) in [5, 5.41) is 9.73. The molecular formula is C22H24N4O4. The highest BCUT2D eigenvalue weighted by molar-refractivity contribution is 6.06. The molecule has 0 fully saturated rings. The third-order valence-corrected chi connectivity index (χ3v) is 5.30. The summed E-state index contributed by atoms with van der Waals surface area (Å²) >= 11 is 0. The Morgan fingerprint density at radius 1 is 1.17 bits per heavy atom. The summed E-state index contributed by atoms with van der Waals surface area (Å²) in [6, 6.07) is 11.2. The average molecular weight is 408 g/mol. The summed E-state index contributed by atoms with van der Waals surface area (Å²) in [5.74, 6) is -0.0241. The van der Waals surface area contributed by atoms with Crippen LogP contribution in [-0.2, 0) is 17.9 Å². The van der Waals surface area contributed by atoms with Crippen LogP contribution in [-0.4, -0.2) is 28.1 Å². The van der Waals surface area contributed by atoms with Crippen LogP contribution in [0.5, 0.6) is 0 Å². The molecule has 8 nitrogen and oxygen atoms in total. The van der Waals surface area contributed by atoms with E-state index in [4.69, 9.17) is 9.26 Å². The fraction of sp³-hybridized carbons (Fsp3) is 0.318. The van der Waals surface area contributed by atoms with Crippen LogP contribution in [0, 0.1) is 13.8 Å². The van der Waals surface area contributed by atoms with Gasteiger partial charge >= 0.3 is 0 Å². The molecule has 1 aliphatic rings. The number of benzene rings is 1. The van der Waals surface area contributed by atoms with Crippen LogP contribution >= 0.6 is 0 Å². The number of carbonyl (C=O) groups is 2. The summed E-state index contributed by atoms with van der Waals surface area (Å²) in [7, 11) is 0. The minimum Gasteiger partial charge on any atom is -0.373 e. The van der Waals surface area contributed by atoms with Gasteiger partial charge in [-0.25, -0.2) is 0 Å². The van der Waals surface area contributed by atoms with Crippen molar-refractivity contribution in [3.8, 4) is 0 Å². The molecule has 4 rings (SSSR count). The second-order valence-corrected chi connectivity index (χ2v) is 7.35. The first-order valence-corrected chi connectivity index (χ1v) is 9.86. The number of fused-ring (bicyclic) bond motifs is 1. The second-order valence-electron chi connectivity index (χ2n) is 7.35. The van der Waals surface area contributed by atoms with E-state index in [1.807, 2.05) is 41.8 Å². The van der Waals surface area contributed by atoms with E-state index in [-0.39, 0.29) is 24.5 Å². The van der Waals surface area contributed by atoms with Crippen LogP contribution in [0.3, 0.4) is 0 Å². The van der Waals surface area contributed by atoms with Crippen LogP contribution in [0.1, 0.15) is 56.5 Å². The number of amides is 2. The summed E-state index contributed by atoms with van der Waals surface area (Å²) < 4.78 is 12.5. The lowest BCUT2D eigenvalue weighted by atomic mass is 10.1. The van der Waals surface area contributed by atoms with Gasteiger partial charge < -0.3 is 24.5 Å². The zero-order valence-electron chi connectivity index (χ0n) is 17.2. The third-order valence-electron chi connectivity index (χ3n) is 5.30. The number of hydrogen-bond acceptors (Lipinski definition) is 5. The van der Waals surface area contributed by atoms with Gasteiger partial charge in [-0.1, -0.05) is 35.5 Å². The molecule has 2 N–H and O–H groups in total. The van der Waals surface area contributed by atoms with Crippen molar-refractivity contribution in [3.05, 3.63) is 70.4 Å². The quantitative estimate of drug-likeness (QED) is 0.675. The monoisotopic (exact) mass is 408 g/mol. The molecule has 30 heavy (non-hydrogen) atoms. The molecule has 0 saturated carbocycles. The largest absolute Gasteiger partial charge is 0.373 e. The van der Waals surface area contributed by atoms with E-state index >= 15 is 0 Å². The van der Waals surface area contributed by atoms with Gasteiger partial charge in [-0.3, -0.25) is 9.59 Å². The van der Waals surface area contributed by atoms with Gasteiger partial charge in [0.15, 0.2) is 5.76 Å². The number of carbonyl (C=O) groups excluding carboxylic acids is 2. The number of aromatic nitrogens is 2. The van der Waals surface area contributed by atoms with Crippen molar-refractivity contribution in [1.29, 1.82) is 0 Å². The van der Waals surface area contributed by atoms with Gasteiger partial charge in [-0.15, -0.1) is 0 Å². The Balaban J connectivity index is 1.61. The summed E-state index contributed by atoms with van der Waals surface area (Å²) in [6.45, 7) is 6.69. The molecule has 0 spiro atoms. The minimum absolute atomic E-state index is 0.168. The zero-order chi connectivity index (χ0) is 21.3. The van der Waals surface area contributed by atoms with E-state index < -0.39 is 0 Å². The van der Waals surface area contributed by atoms with Gasteiger partial charge in [0, 0.05) is 6.54 Å². The van der Waals surface area contributed by atoms with Crippen molar-refractivity contribution in [2.24, 2.45) is 0 Å². The molecule has 0 radical (unpaired) electrons. The first-order chi connectivity index (χ1) is 14.5. The van der Waals surface area contributed by atoms with Gasteiger partial charge in [0.25, 0.3) is 11.8 Å². The molecule has 3 aromatic rings. The van der Waals surface area contributed by atoms with E-state index in [2.05, 4.69) is 15.8 Å². The fourth-order valence-electron chi connectivity index (χ4n) is 3.65.